The average molecular weight is 340 g/mol. The Morgan fingerprint density at radius 2 is 1.82 bits per heavy atom. The van der Waals surface area contributed by atoms with Crippen LogP contribution in [0, 0.1) is 9.39 Å². The molecule has 0 aromatic heterocycles. The first-order chi connectivity index (χ1) is 8.16. The molecule has 0 N–H and O–H groups in total. The third-order valence-electron chi connectivity index (χ3n) is 2.44. The molecule has 17 heavy (non-hydrogen) atoms. The minimum absolute atomic E-state index is 0.0144. The van der Waals surface area contributed by atoms with Crippen LogP contribution < -0.4 is 0 Å². The van der Waals surface area contributed by atoms with Crippen LogP contribution in [0.4, 0.5) is 4.39 Å². The predicted molar refractivity (Wildman–Crippen MR) is 73.6 cm³/mol. The molecule has 0 unspecified atom stereocenters. The summed E-state index contributed by atoms with van der Waals surface area (Å²) in [6.07, 6.45) is 0.350. The number of hydrogen-bond acceptors (Lipinski definition) is 1. The predicted octanol–water partition coefficient (Wildman–Crippen LogP) is 3.86. The Balaban J connectivity index is 2.21. The van der Waals surface area contributed by atoms with E-state index in [9.17, 15) is 9.18 Å². The molecule has 0 spiro atoms. The molecule has 2 aromatic rings. The number of ketones is 1. The van der Waals surface area contributed by atoms with Crippen molar-refractivity contribution in [2.45, 2.75) is 6.42 Å². The monoisotopic (exact) mass is 340 g/mol. The summed E-state index contributed by atoms with van der Waals surface area (Å²) in [5, 5.41) is 0. The van der Waals surface area contributed by atoms with Gasteiger partial charge in [0.25, 0.3) is 0 Å². The van der Waals surface area contributed by atoms with Crippen molar-refractivity contribution in [3.8, 4) is 0 Å². The van der Waals surface area contributed by atoms with E-state index in [-0.39, 0.29) is 11.6 Å². The highest BCUT2D eigenvalue weighted by atomic mass is 127. The summed E-state index contributed by atoms with van der Waals surface area (Å²) in [7, 11) is 0. The number of Topliss-reactive ketones (excluding diaryl/α,β-unsaturated/α-hetero) is 1. The summed E-state index contributed by atoms with van der Waals surface area (Å²) in [4.78, 5) is 12.0. The van der Waals surface area contributed by atoms with Gasteiger partial charge in [0.15, 0.2) is 5.78 Å². The van der Waals surface area contributed by atoms with Crippen LogP contribution in [0.1, 0.15) is 15.9 Å². The van der Waals surface area contributed by atoms with E-state index in [0.717, 1.165) is 5.56 Å². The Labute approximate surface area is 113 Å². The normalized spacial score (nSPS) is 10.2. The molecule has 1 nitrogen and oxygen atoms in total. The summed E-state index contributed by atoms with van der Waals surface area (Å²) in [6, 6.07) is 13.8. The molecular weight excluding hydrogens is 330 g/mol. The van der Waals surface area contributed by atoms with Crippen molar-refractivity contribution in [1.29, 1.82) is 0 Å². The highest BCUT2D eigenvalue weighted by Gasteiger charge is 2.11. The maximum atomic E-state index is 12.9. The highest BCUT2D eigenvalue weighted by Crippen LogP contribution is 2.16. The van der Waals surface area contributed by atoms with E-state index in [2.05, 4.69) is 0 Å². The van der Waals surface area contributed by atoms with E-state index in [1.165, 1.54) is 12.1 Å². The second-order valence-electron chi connectivity index (χ2n) is 3.71. The van der Waals surface area contributed by atoms with Crippen LogP contribution in [-0.2, 0) is 6.42 Å². The van der Waals surface area contributed by atoms with E-state index >= 15 is 0 Å². The van der Waals surface area contributed by atoms with Crippen LogP contribution in [0.25, 0.3) is 0 Å². The first-order valence-corrected chi connectivity index (χ1v) is 6.27. The molecule has 0 aliphatic heterocycles. The van der Waals surface area contributed by atoms with Crippen LogP contribution in [-0.4, -0.2) is 5.78 Å². The van der Waals surface area contributed by atoms with Crippen LogP contribution in [0.2, 0.25) is 0 Å². The SMILES string of the molecule is O=C(Cc1ccccc1)c1ccc(F)cc1I. The fourth-order valence-corrected chi connectivity index (χ4v) is 2.37. The van der Waals surface area contributed by atoms with E-state index < -0.39 is 0 Å². The molecule has 0 saturated carbocycles. The molecule has 0 atom stereocenters. The van der Waals surface area contributed by atoms with Crippen molar-refractivity contribution in [2.75, 3.05) is 0 Å². The lowest BCUT2D eigenvalue weighted by Crippen LogP contribution is -2.05. The van der Waals surface area contributed by atoms with Gasteiger partial charge in [0.2, 0.25) is 0 Å². The van der Waals surface area contributed by atoms with Crippen molar-refractivity contribution < 1.29 is 9.18 Å². The van der Waals surface area contributed by atoms with E-state index in [0.29, 0.717) is 15.6 Å². The molecule has 0 fully saturated rings. The van der Waals surface area contributed by atoms with Gasteiger partial charge in [0, 0.05) is 15.6 Å². The maximum Gasteiger partial charge on any atom is 0.168 e. The largest absolute Gasteiger partial charge is 0.294 e. The van der Waals surface area contributed by atoms with E-state index in [4.69, 9.17) is 0 Å². The van der Waals surface area contributed by atoms with Crippen molar-refractivity contribution in [1.82, 2.24) is 0 Å². The molecule has 2 aromatic carbocycles. The zero-order valence-corrected chi connectivity index (χ0v) is 11.1. The molecular formula is C14H10FIO. The number of halogens is 2. The third-order valence-corrected chi connectivity index (χ3v) is 3.33. The Morgan fingerprint density at radius 1 is 1.12 bits per heavy atom. The molecule has 0 amide bonds. The van der Waals surface area contributed by atoms with Gasteiger partial charge in [-0.25, -0.2) is 4.39 Å². The lowest BCUT2D eigenvalue weighted by atomic mass is 10.0. The second kappa shape index (κ2) is 5.40. The number of benzene rings is 2. The lowest BCUT2D eigenvalue weighted by molar-refractivity contribution is 0.0992. The van der Waals surface area contributed by atoms with Crippen LogP contribution >= 0.6 is 22.6 Å². The fourth-order valence-electron chi connectivity index (χ4n) is 1.59. The first kappa shape index (κ1) is 12.2. The maximum absolute atomic E-state index is 12.9. The molecule has 0 bridgehead atoms. The molecule has 0 aliphatic rings. The van der Waals surface area contributed by atoms with Gasteiger partial charge >= 0.3 is 0 Å². The van der Waals surface area contributed by atoms with Crippen LogP contribution in [0.3, 0.4) is 0 Å². The van der Waals surface area contributed by atoms with Gasteiger partial charge < -0.3 is 0 Å². The van der Waals surface area contributed by atoms with Crippen LogP contribution in [0.5, 0.6) is 0 Å². The highest BCUT2D eigenvalue weighted by molar-refractivity contribution is 14.1. The summed E-state index contributed by atoms with van der Waals surface area (Å²) >= 11 is 1.98. The number of hydrogen-bond donors (Lipinski definition) is 0. The molecule has 0 saturated heterocycles. The molecule has 3 heteroatoms. The Morgan fingerprint density at radius 3 is 2.47 bits per heavy atom. The Kier molecular flexibility index (Phi) is 3.89. The zero-order valence-electron chi connectivity index (χ0n) is 8.99. The number of carbonyl (C=O) groups is 1. The minimum Gasteiger partial charge on any atom is -0.294 e. The Bertz CT molecular complexity index is 537. The summed E-state index contributed by atoms with van der Waals surface area (Å²) in [5.74, 6) is -0.300. The van der Waals surface area contributed by atoms with Gasteiger partial charge in [-0.1, -0.05) is 30.3 Å². The summed E-state index contributed by atoms with van der Waals surface area (Å²) < 4.78 is 13.6. The smallest absolute Gasteiger partial charge is 0.168 e. The molecule has 0 radical (unpaired) electrons. The van der Waals surface area contributed by atoms with Gasteiger partial charge in [-0.05, 0) is 46.4 Å². The van der Waals surface area contributed by atoms with Gasteiger partial charge in [-0.15, -0.1) is 0 Å². The molecule has 0 aliphatic carbocycles. The Hall–Kier alpha value is -1.23. The molecule has 86 valence electrons. The minimum atomic E-state index is -0.314. The van der Waals surface area contributed by atoms with Gasteiger partial charge in [0.1, 0.15) is 5.82 Å². The second-order valence-corrected chi connectivity index (χ2v) is 4.87. The standard InChI is InChI=1S/C14H10FIO/c15-11-6-7-12(13(16)9-11)14(17)8-10-4-2-1-3-5-10/h1-7,9H,8H2. The van der Waals surface area contributed by atoms with Crippen molar-refractivity contribution >= 4 is 28.4 Å². The lowest BCUT2D eigenvalue weighted by Gasteiger charge is -2.04. The van der Waals surface area contributed by atoms with Crippen molar-refractivity contribution in [3.63, 3.8) is 0 Å². The van der Waals surface area contributed by atoms with Crippen LogP contribution in [0.15, 0.2) is 48.5 Å². The third kappa shape index (κ3) is 3.12. The van der Waals surface area contributed by atoms with E-state index in [1.54, 1.807) is 6.07 Å². The first-order valence-electron chi connectivity index (χ1n) is 5.19. The zero-order chi connectivity index (χ0) is 12.3. The van der Waals surface area contributed by atoms with E-state index in [1.807, 2.05) is 52.9 Å². The van der Waals surface area contributed by atoms with Crippen molar-refractivity contribution in [2.24, 2.45) is 0 Å². The fraction of sp³-hybridized carbons (Fsp3) is 0.0714. The van der Waals surface area contributed by atoms with Gasteiger partial charge in [0.05, 0.1) is 0 Å². The van der Waals surface area contributed by atoms with Crippen molar-refractivity contribution in [3.05, 3.63) is 69.0 Å². The summed E-state index contributed by atoms with van der Waals surface area (Å²) in [6.45, 7) is 0. The average Bonchev–Trinajstić information content (AvgIpc) is 2.30. The van der Waals surface area contributed by atoms with Gasteiger partial charge in [-0.3, -0.25) is 4.79 Å². The summed E-state index contributed by atoms with van der Waals surface area (Å²) in [5.41, 5.74) is 1.55. The number of carbonyl (C=O) groups excluding carboxylic acids is 1. The quantitative estimate of drug-likeness (QED) is 0.613. The van der Waals surface area contributed by atoms with Gasteiger partial charge in [-0.2, -0.15) is 0 Å². The topological polar surface area (TPSA) is 17.1 Å². The molecule has 0 heterocycles. The number of rotatable bonds is 3. The molecule has 2 rings (SSSR count).